The molecule has 0 unspecified atom stereocenters. The van der Waals surface area contributed by atoms with Crippen molar-refractivity contribution in [2.75, 3.05) is 11.4 Å². The summed E-state index contributed by atoms with van der Waals surface area (Å²) in [5.74, 6) is -3.04. The average Bonchev–Trinajstić information content (AvgIpc) is 2.50. The van der Waals surface area contributed by atoms with Gasteiger partial charge in [0.2, 0.25) is 0 Å². The smallest absolute Gasteiger partial charge is 0.326 e. The zero-order chi connectivity index (χ0) is 19.5. The lowest BCUT2D eigenvalue weighted by Crippen LogP contribution is -2.39. The van der Waals surface area contributed by atoms with Crippen molar-refractivity contribution in [3.63, 3.8) is 0 Å². The lowest BCUT2D eigenvalue weighted by atomic mass is 10.1. The minimum Gasteiger partial charge on any atom is -0.459 e. The van der Waals surface area contributed by atoms with Crippen LogP contribution in [0.2, 0.25) is 5.02 Å². The Labute approximate surface area is 155 Å². The predicted octanol–water partition coefficient (Wildman–Crippen LogP) is 4.61. The summed E-state index contributed by atoms with van der Waals surface area (Å²) in [5, 5.41) is -0.111. The molecule has 0 aliphatic heterocycles. The fourth-order valence-corrected chi connectivity index (χ4v) is 2.51. The largest absolute Gasteiger partial charge is 0.459 e. The SMILES string of the molecule is CC(C)(C)OC(=O)CN(C(=O)c1c(F)cccc1Cl)c1cccc(F)c1. The summed E-state index contributed by atoms with van der Waals surface area (Å²) >= 11 is 5.95. The van der Waals surface area contributed by atoms with E-state index in [1.807, 2.05) is 0 Å². The van der Waals surface area contributed by atoms with Crippen LogP contribution in [0.25, 0.3) is 0 Å². The maximum atomic E-state index is 14.1. The zero-order valence-corrected chi connectivity index (χ0v) is 15.3. The van der Waals surface area contributed by atoms with Gasteiger partial charge in [-0.1, -0.05) is 23.7 Å². The summed E-state index contributed by atoms with van der Waals surface area (Å²) in [6.07, 6.45) is 0. The summed E-state index contributed by atoms with van der Waals surface area (Å²) < 4.78 is 33.0. The third kappa shape index (κ3) is 5.02. The Morgan fingerprint density at radius 2 is 1.77 bits per heavy atom. The van der Waals surface area contributed by atoms with Crippen molar-refractivity contribution in [3.8, 4) is 0 Å². The molecular weight excluding hydrogens is 364 g/mol. The van der Waals surface area contributed by atoms with Gasteiger partial charge in [-0.3, -0.25) is 14.5 Å². The summed E-state index contributed by atoms with van der Waals surface area (Å²) in [6.45, 7) is 4.50. The van der Waals surface area contributed by atoms with E-state index in [-0.39, 0.29) is 10.7 Å². The monoisotopic (exact) mass is 381 g/mol. The Hall–Kier alpha value is -2.47. The molecule has 138 valence electrons. The van der Waals surface area contributed by atoms with Crippen molar-refractivity contribution in [1.82, 2.24) is 0 Å². The van der Waals surface area contributed by atoms with Crippen LogP contribution < -0.4 is 4.90 Å². The highest BCUT2D eigenvalue weighted by Crippen LogP contribution is 2.25. The fourth-order valence-electron chi connectivity index (χ4n) is 2.26. The molecule has 7 heteroatoms. The number of anilines is 1. The lowest BCUT2D eigenvalue weighted by molar-refractivity contribution is -0.152. The first-order valence-electron chi connectivity index (χ1n) is 7.82. The normalized spacial score (nSPS) is 11.2. The molecule has 0 heterocycles. The van der Waals surface area contributed by atoms with Gasteiger partial charge in [0.15, 0.2) is 0 Å². The second kappa shape index (κ2) is 7.83. The van der Waals surface area contributed by atoms with Gasteiger partial charge in [0.05, 0.1) is 10.6 Å². The molecule has 0 aliphatic carbocycles. The maximum absolute atomic E-state index is 14.1. The first-order valence-corrected chi connectivity index (χ1v) is 8.19. The van der Waals surface area contributed by atoms with Gasteiger partial charge in [-0.2, -0.15) is 0 Å². The number of esters is 1. The van der Waals surface area contributed by atoms with Crippen molar-refractivity contribution in [3.05, 3.63) is 64.7 Å². The zero-order valence-electron chi connectivity index (χ0n) is 14.6. The molecule has 2 rings (SSSR count). The van der Waals surface area contributed by atoms with Crippen molar-refractivity contribution in [2.45, 2.75) is 26.4 Å². The molecule has 0 saturated heterocycles. The molecule has 0 bridgehead atoms. The van der Waals surface area contributed by atoms with Gasteiger partial charge in [-0.15, -0.1) is 0 Å². The van der Waals surface area contributed by atoms with Gasteiger partial charge in [-0.05, 0) is 51.1 Å². The van der Waals surface area contributed by atoms with Crippen LogP contribution in [0.5, 0.6) is 0 Å². The molecule has 2 aromatic rings. The fraction of sp³-hybridized carbons (Fsp3) is 0.263. The molecule has 4 nitrogen and oxygen atoms in total. The molecule has 1 amide bonds. The molecule has 0 spiro atoms. The number of hydrogen-bond donors (Lipinski definition) is 0. The van der Waals surface area contributed by atoms with Crippen LogP contribution in [0.3, 0.4) is 0 Å². The van der Waals surface area contributed by atoms with E-state index in [0.717, 1.165) is 17.0 Å². The van der Waals surface area contributed by atoms with E-state index in [9.17, 15) is 18.4 Å². The first-order chi connectivity index (χ1) is 12.1. The Balaban J connectivity index is 2.43. The summed E-state index contributed by atoms with van der Waals surface area (Å²) in [7, 11) is 0. The second-order valence-corrected chi connectivity index (χ2v) is 6.96. The minimum absolute atomic E-state index is 0.0835. The number of benzene rings is 2. The third-order valence-electron chi connectivity index (χ3n) is 3.25. The van der Waals surface area contributed by atoms with Gasteiger partial charge in [0, 0.05) is 5.69 Å². The van der Waals surface area contributed by atoms with Gasteiger partial charge in [0.25, 0.3) is 5.91 Å². The highest BCUT2D eigenvalue weighted by molar-refractivity contribution is 6.34. The quantitative estimate of drug-likeness (QED) is 0.727. The number of carbonyl (C=O) groups excluding carboxylic acids is 2. The molecule has 0 aliphatic rings. The Morgan fingerprint density at radius 1 is 1.12 bits per heavy atom. The number of ether oxygens (including phenoxy) is 1. The van der Waals surface area contributed by atoms with Crippen LogP contribution in [-0.2, 0) is 9.53 Å². The first kappa shape index (κ1) is 19.8. The molecule has 26 heavy (non-hydrogen) atoms. The third-order valence-corrected chi connectivity index (χ3v) is 3.56. The molecule has 0 aromatic heterocycles. The second-order valence-electron chi connectivity index (χ2n) is 6.55. The van der Waals surface area contributed by atoms with Crippen LogP contribution in [0, 0.1) is 11.6 Å². The highest BCUT2D eigenvalue weighted by Gasteiger charge is 2.27. The summed E-state index contributed by atoms with van der Waals surface area (Å²) in [6, 6.07) is 8.86. The van der Waals surface area contributed by atoms with E-state index in [1.54, 1.807) is 20.8 Å². The number of halogens is 3. The minimum atomic E-state index is -0.871. The highest BCUT2D eigenvalue weighted by atomic mass is 35.5. The summed E-state index contributed by atoms with van der Waals surface area (Å²) in [4.78, 5) is 26.0. The molecule has 0 atom stereocenters. The molecular formula is C19H18ClF2NO3. The van der Waals surface area contributed by atoms with E-state index in [2.05, 4.69) is 0 Å². The van der Waals surface area contributed by atoms with E-state index in [0.29, 0.717) is 0 Å². The number of hydrogen-bond acceptors (Lipinski definition) is 3. The Morgan fingerprint density at radius 3 is 2.35 bits per heavy atom. The Bertz CT molecular complexity index is 814. The van der Waals surface area contributed by atoms with E-state index in [4.69, 9.17) is 16.3 Å². The van der Waals surface area contributed by atoms with Crippen molar-refractivity contribution < 1.29 is 23.1 Å². The van der Waals surface area contributed by atoms with E-state index >= 15 is 0 Å². The van der Waals surface area contributed by atoms with Crippen molar-refractivity contribution in [2.24, 2.45) is 0 Å². The van der Waals surface area contributed by atoms with Crippen LogP contribution >= 0.6 is 11.6 Å². The maximum Gasteiger partial charge on any atom is 0.326 e. The van der Waals surface area contributed by atoms with Gasteiger partial charge >= 0.3 is 5.97 Å². The molecule has 0 radical (unpaired) electrons. The standard InChI is InChI=1S/C19H18ClF2NO3/c1-19(2,3)26-16(24)11-23(13-7-4-6-12(21)10-13)18(25)17-14(20)8-5-9-15(17)22/h4-10H,11H2,1-3H3. The number of rotatable bonds is 4. The number of carbonyl (C=O) groups is 2. The number of nitrogens with zero attached hydrogens (tertiary/aromatic N) is 1. The Kier molecular flexibility index (Phi) is 5.97. The van der Waals surface area contributed by atoms with Crippen LogP contribution in [0.15, 0.2) is 42.5 Å². The molecule has 2 aromatic carbocycles. The summed E-state index contributed by atoms with van der Waals surface area (Å²) in [5.41, 5.74) is -1.09. The topological polar surface area (TPSA) is 46.6 Å². The van der Waals surface area contributed by atoms with Gasteiger partial charge in [-0.25, -0.2) is 8.78 Å². The van der Waals surface area contributed by atoms with Crippen molar-refractivity contribution >= 4 is 29.2 Å². The van der Waals surface area contributed by atoms with E-state index < -0.39 is 41.2 Å². The van der Waals surface area contributed by atoms with Crippen molar-refractivity contribution in [1.29, 1.82) is 0 Å². The lowest BCUT2D eigenvalue weighted by Gasteiger charge is -2.25. The van der Waals surface area contributed by atoms with Crippen LogP contribution in [-0.4, -0.2) is 24.0 Å². The number of amides is 1. The van der Waals surface area contributed by atoms with Gasteiger partial charge in [0.1, 0.15) is 23.8 Å². The van der Waals surface area contributed by atoms with Gasteiger partial charge < -0.3 is 4.74 Å². The molecule has 0 saturated carbocycles. The molecule has 0 fully saturated rings. The predicted molar refractivity (Wildman–Crippen MR) is 95.3 cm³/mol. The van der Waals surface area contributed by atoms with Crippen LogP contribution in [0.1, 0.15) is 31.1 Å². The van der Waals surface area contributed by atoms with Crippen LogP contribution in [0.4, 0.5) is 14.5 Å². The van der Waals surface area contributed by atoms with E-state index in [1.165, 1.54) is 30.3 Å². The molecule has 0 N–H and O–H groups in total. The average molecular weight is 382 g/mol.